The second kappa shape index (κ2) is 17.4. The summed E-state index contributed by atoms with van der Waals surface area (Å²) in [5.74, 6) is 0.355. The van der Waals surface area contributed by atoms with Crippen LogP contribution in [0, 0.1) is 11.3 Å². The summed E-state index contributed by atoms with van der Waals surface area (Å²) in [4.78, 5) is 15.6. The second-order valence-corrected chi connectivity index (χ2v) is 18.0. The highest BCUT2D eigenvalue weighted by atomic mass is 35.5. The van der Waals surface area contributed by atoms with Crippen LogP contribution in [0.3, 0.4) is 0 Å². The number of ether oxygens (including phenoxy) is 2. The third-order valence-electron chi connectivity index (χ3n) is 8.40. The average Bonchev–Trinajstić information content (AvgIpc) is 3.03. The fraction of sp³-hybridized carbons (Fsp3) is 0.486. The van der Waals surface area contributed by atoms with Crippen molar-refractivity contribution in [2.75, 3.05) is 20.8 Å². The summed E-state index contributed by atoms with van der Waals surface area (Å²) in [6, 6.07) is 23.9. The highest BCUT2D eigenvalue weighted by Crippen LogP contribution is 2.58. The summed E-state index contributed by atoms with van der Waals surface area (Å²) in [7, 11) is 1.48. The standard InChI is InChI=1S/C37H50ClNO8PSSi/c1-26(37(34(2,3)4,39-33(40)46-35(5,6)7)36(8,25-45-50)47-48(41,42-9)43-10)21-28-19-20-31(23-32(28)38)49-30-18-14-17-29(22-30)44-24-27-15-12-11-13-16-27/h11-20,22-23,26H,21,24-25H2,1-10H3,(H,39,40). The Morgan fingerprint density at radius 2 is 1.56 bits per heavy atom. The largest absolute Gasteiger partial charge is 0.489 e. The molecule has 0 spiro atoms. The zero-order valence-electron chi connectivity index (χ0n) is 30.6. The van der Waals surface area contributed by atoms with E-state index in [1.54, 1.807) is 39.5 Å². The number of hydrogen-bond acceptors (Lipinski definition) is 9. The number of carbonyl (C=O) groups excluding carboxylic acids is 1. The number of nitrogens with one attached hydrogen (secondary N) is 1. The Morgan fingerprint density at radius 3 is 2.12 bits per heavy atom. The Hall–Kier alpha value is -2.34. The first-order valence-corrected chi connectivity index (χ1v) is 19.3. The summed E-state index contributed by atoms with van der Waals surface area (Å²) in [5.41, 5.74) is -2.45. The Morgan fingerprint density at radius 1 is 0.920 bits per heavy atom. The van der Waals surface area contributed by atoms with Crippen LogP contribution in [-0.2, 0) is 40.3 Å². The molecular formula is C37H50ClNO8PSSi. The van der Waals surface area contributed by atoms with Crippen molar-refractivity contribution in [1.29, 1.82) is 0 Å². The molecule has 0 saturated heterocycles. The minimum atomic E-state index is -4.11. The summed E-state index contributed by atoms with van der Waals surface area (Å²) in [6.45, 7) is 15.2. The molecule has 3 unspecified atom stereocenters. The van der Waals surface area contributed by atoms with E-state index in [0.29, 0.717) is 18.1 Å². The Balaban J connectivity index is 1.98. The molecule has 50 heavy (non-hydrogen) atoms. The SMILES string of the molecule is COP(=O)(OC)OC(C)(CO[Si])C(NC(=O)OC(C)(C)C)(C(C)Cc1ccc(Sc2cccc(OCc3ccccc3)c2)cc1Cl)C(C)(C)C. The molecule has 3 rings (SSSR count). The number of hydrogen-bond donors (Lipinski definition) is 1. The molecule has 9 nitrogen and oxygen atoms in total. The molecule has 0 aromatic heterocycles. The van der Waals surface area contributed by atoms with Crippen LogP contribution < -0.4 is 10.1 Å². The maximum absolute atomic E-state index is 13.6. The smallest absolute Gasteiger partial charge is 0.474 e. The minimum absolute atomic E-state index is 0.157. The minimum Gasteiger partial charge on any atom is -0.489 e. The van der Waals surface area contributed by atoms with Crippen LogP contribution in [0.15, 0.2) is 82.6 Å². The van der Waals surface area contributed by atoms with Gasteiger partial charge in [0.2, 0.25) is 10.5 Å². The van der Waals surface area contributed by atoms with Crippen LogP contribution in [0.4, 0.5) is 4.79 Å². The fourth-order valence-corrected chi connectivity index (χ4v) is 8.94. The Labute approximate surface area is 310 Å². The van der Waals surface area contributed by atoms with Crippen LogP contribution in [0.1, 0.15) is 66.5 Å². The quantitative estimate of drug-likeness (QED) is 0.113. The van der Waals surface area contributed by atoms with Crippen LogP contribution in [0.5, 0.6) is 5.75 Å². The van der Waals surface area contributed by atoms with Gasteiger partial charge in [0.1, 0.15) is 23.6 Å². The number of amides is 1. The van der Waals surface area contributed by atoms with Crippen molar-refractivity contribution >= 4 is 47.8 Å². The number of carbonyl (C=O) groups is 1. The molecule has 0 heterocycles. The van der Waals surface area contributed by atoms with E-state index in [9.17, 15) is 9.36 Å². The predicted octanol–water partition coefficient (Wildman–Crippen LogP) is 9.83. The number of rotatable bonds is 16. The Bertz CT molecular complexity index is 1610. The van der Waals surface area contributed by atoms with Gasteiger partial charge in [-0.3, -0.25) is 13.6 Å². The summed E-state index contributed by atoms with van der Waals surface area (Å²) < 4.78 is 47.5. The molecule has 3 atom stereocenters. The molecule has 1 amide bonds. The van der Waals surface area contributed by atoms with Crippen LogP contribution in [0.25, 0.3) is 0 Å². The number of halogens is 1. The van der Waals surface area contributed by atoms with Crippen molar-refractivity contribution in [3.05, 3.63) is 88.9 Å². The van der Waals surface area contributed by atoms with Gasteiger partial charge < -0.3 is 19.2 Å². The summed E-state index contributed by atoms with van der Waals surface area (Å²) in [6.07, 6.45) is -0.287. The molecule has 0 bridgehead atoms. The lowest BCUT2D eigenvalue weighted by Gasteiger charge is -2.58. The second-order valence-electron chi connectivity index (χ2n) is 14.3. The van der Waals surface area contributed by atoms with Gasteiger partial charge in [0.25, 0.3) is 0 Å². The van der Waals surface area contributed by atoms with Gasteiger partial charge in [-0.2, -0.15) is 0 Å². The highest BCUT2D eigenvalue weighted by molar-refractivity contribution is 7.99. The number of phosphoric acid groups is 1. The van der Waals surface area contributed by atoms with Crippen molar-refractivity contribution in [3.63, 3.8) is 0 Å². The van der Waals surface area contributed by atoms with E-state index in [-0.39, 0.29) is 6.61 Å². The number of phosphoric ester groups is 1. The lowest BCUT2D eigenvalue weighted by Crippen LogP contribution is -2.75. The van der Waals surface area contributed by atoms with Crippen LogP contribution >= 0.6 is 31.2 Å². The summed E-state index contributed by atoms with van der Waals surface area (Å²) in [5, 5.41) is 3.71. The first-order chi connectivity index (χ1) is 23.3. The van der Waals surface area contributed by atoms with Crippen molar-refractivity contribution in [2.45, 2.75) is 94.9 Å². The molecule has 0 aliphatic heterocycles. The van der Waals surface area contributed by atoms with Gasteiger partial charge in [0, 0.05) is 29.0 Å². The molecule has 1 N–H and O–H groups in total. The monoisotopic (exact) mass is 762 g/mol. The van der Waals surface area contributed by atoms with E-state index in [0.717, 1.165) is 26.7 Å². The van der Waals surface area contributed by atoms with E-state index >= 15 is 0 Å². The van der Waals surface area contributed by atoms with Crippen molar-refractivity contribution < 1.29 is 36.8 Å². The molecule has 0 saturated carbocycles. The summed E-state index contributed by atoms with van der Waals surface area (Å²) >= 11 is 8.55. The lowest BCUT2D eigenvalue weighted by atomic mass is 9.57. The molecule has 3 aromatic rings. The van der Waals surface area contributed by atoms with Gasteiger partial charge in [-0.25, -0.2) is 9.36 Å². The van der Waals surface area contributed by atoms with Gasteiger partial charge in [0.05, 0.1) is 12.1 Å². The molecule has 3 radical (unpaired) electrons. The first-order valence-electron chi connectivity index (χ1n) is 16.3. The lowest BCUT2D eigenvalue weighted by molar-refractivity contribution is -0.129. The third kappa shape index (κ3) is 10.8. The highest BCUT2D eigenvalue weighted by Gasteiger charge is 2.63. The topological polar surface area (TPSA) is 102 Å². The third-order valence-corrected chi connectivity index (χ3v) is 11.4. The van der Waals surface area contributed by atoms with E-state index < -0.39 is 42.0 Å². The van der Waals surface area contributed by atoms with E-state index in [1.807, 2.05) is 100 Å². The van der Waals surface area contributed by atoms with Crippen molar-refractivity contribution in [2.24, 2.45) is 11.3 Å². The molecular weight excluding hydrogens is 713 g/mol. The van der Waals surface area contributed by atoms with Gasteiger partial charge in [-0.15, -0.1) is 0 Å². The number of alkyl carbamates (subject to hydrolysis) is 1. The fourth-order valence-electron chi connectivity index (χ4n) is 6.45. The number of benzene rings is 3. The zero-order valence-corrected chi connectivity index (χ0v) is 34.1. The van der Waals surface area contributed by atoms with Crippen molar-refractivity contribution in [3.8, 4) is 5.75 Å². The first kappa shape index (κ1) is 42.1. The van der Waals surface area contributed by atoms with Gasteiger partial charge in [0.15, 0.2) is 0 Å². The van der Waals surface area contributed by atoms with E-state index in [1.165, 1.54) is 14.2 Å². The zero-order chi connectivity index (χ0) is 37.4. The van der Waals surface area contributed by atoms with Gasteiger partial charge in [-0.1, -0.05) is 93.5 Å². The predicted molar refractivity (Wildman–Crippen MR) is 200 cm³/mol. The molecule has 0 aliphatic rings. The van der Waals surface area contributed by atoms with E-state index in [4.69, 9.17) is 39.1 Å². The van der Waals surface area contributed by atoms with Gasteiger partial charge in [-0.05, 0) is 86.9 Å². The van der Waals surface area contributed by atoms with Crippen molar-refractivity contribution in [1.82, 2.24) is 5.32 Å². The molecule has 0 aliphatic carbocycles. The van der Waals surface area contributed by atoms with E-state index in [2.05, 4.69) is 15.8 Å². The molecule has 13 heteroatoms. The van der Waals surface area contributed by atoms with Gasteiger partial charge >= 0.3 is 13.9 Å². The van der Waals surface area contributed by atoms with Crippen LogP contribution in [0.2, 0.25) is 5.02 Å². The molecule has 0 fully saturated rings. The molecule has 273 valence electrons. The maximum Gasteiger partial charge on any atom is 0.474 e. The average molecular weight is 763 g/mol. The Kier molecular flexibility index (Phi) is 14.7. The maximum atomic E-state index is 13.6. The molecule has 3 aromatic carbocycles. The normalized spacial score (nSPS) is 15.4. The van der Waals surface area contributed by atoms with Crippen LogP contribution in [-0.4, -0.2) is 54.1 Å².